The van der Waals surface area contributed by atoms with Crippen molar-refractivity contribution in [3.05, 3.63) is 48.2 Å². The molecule has 1 fully saturated rings. The summed E-state index contributed by atoms with van der Waals surface area (Å²) in [6, 6.07) is 8.22. The van der Waals surface area contributed by atoms with Crippen LogP contribution in [0, 0.1) is 0 Å². The number of nitrogens with zero attached hydrogens (tertiary/aromatic N) is 3. The van der Waals surface area contributed by atoms with E-state index in [1.165, 1.54) is 12.1 Å². The third-order valence-electron chi connectivity index (χ3n) is 4.76. The number of sulfone groups is 1. The summed E-state index contributed by atoms with van der Waals surface area (Å²) in [5.41, 5.74) is 0.629. The largest absolute Gasteiger partial charge is 0.416 e. The van der Waals surface area contributed by atoms with Gasteiger partial charge in [0.15, 0.2) is 15.7 Å². The Bertz CT molecular complexity index is 929. The smallest absolute Gasteiger partial charge is 0.348 e. The first-order valence-electron chi connectivity index (χ1n) is 8.11. The van der Waals surface area contributed by atoms with Gasteiger partial charge in [-0.2, -0.15) is 13.2 Å². The molecule has 0 saturated carbocycles. The van der Waals surface area contributed by atoms with E-state index in [0.717, 1.165) is 17.8 Å². The van der Waals surface area contributed by atoms with Gasteiger partial charge in [-0.25, -0.2) is 13.4 Å². The molecule has 9 heteroatoms. The number of hydrogen-bond donors (Lipinski definition) is 0. The number of rotatable bonds is 1. The Morgan fingerprint density at radius 2 is 1.85 bits per heavy atom. The van der Waals surface area contributed by atoms with Crippen molar-refractivity contribution in [3.8, 4) is 0 Å². The first-order valence-corrected chi connectivity index (χ1v) is 9.94. The Hall–Kier alpha value is -2.29. The Kier molecular flexibility index (Phi) is 3.87. The molecule has 1 atom stereocenters. The Morgan fingerprint density at radius 3 is 2.54 bits per heavy atom. The highest BCUT2D eigenvalue weighted by Gasteiger charge is 2.39. The fourth-order valence-electron chi connectivity index (χ4n) is 3.52. The van der Waals surface area contributed by atoms with Crippen molar-refractivity contribution in [2.24, 2.45) is 0 Å². The van der Waals surface area contributed by atoms with Crippen molar-refractivity contribution in [3.63, 3.8) is 0 Å². The molecule has 0 bridgehead atoms. The zero-order valence-electron chi connectivity index (χ0n) is 13.6. The van der Waals surface area contributed by atoms with E-state index in [1.54, 1.807) is 12.3 Å². The van der Waals surface area contributed by atoms with Crippen molar-refractivity contribution >= 4 is 27.0 Å². The number of anilines is 3. The van der Waals surface area contributed by atoms with Crippen LogP contribution in [0.15, 0.2) is 42.6 Å². The standard InChI is InChI=1S/C17H16F3N3O2S/c18-17(19,20)12-3-5-13(6-4-12)23-10-14-11-26(24,25)9-8-22(14)16-15(23)2-1-7-21-16/h1-7,14H,8-11H2. The molecule has 26 heavy (non-hydrogen) atoms. The molecule has 0 N–H and O–H groups in total. The molecule has 4 rings (SSSR count). The summed E-state index contributed by atoms with van der Waals surface area (Å²) in [6.07, 6.45) is -2.76. The number of benzene rings is 1. The maximum Gasteiger partial charge on any atom is 0.416 e. The van der Waals surface area contributed by atoms with E-state index >= 15 is 0 Å². The lowest BCUT2D eigenvalue weighted by Gasteiger charge is -2.45. The van der Waals surface area contributed by atoms with Crippen molar-refractivity contribution in [2.45, 2.75) is 12.2 Å². The monoisotopic (exact) mass is 383 g/mol. The third-order valence-corrected chi connectivity index (χ3v) is 6.46. The van der Waals surface area contributed by atoms with E-state index in [-0.39, 0.29) is 17.5 Å². The zero-order chi connectivity index (χ0) is 18.5. The summed E-state index contributed by atoms with van der Waals surface area (Å²) < 4.78 is 62.5. The number of fused-ring (bicyclic) bond motifs is 3. The van der Waals surface area contributed by atoms with Gasteiger partial charge in [0.1, 0.15) is 0 Å². The molecule has 0 radical (unpaired) electrons. The van der Waals surface area contributed by atoms with E-state index < -0.39 is 21.6 Å². The number of hydrogen-bond acceptors (Lipinski definition) is 5. The lowest BCUT2D eigenvalue weighted by molar-refractivity contribution is -0.137. The van der Waals surface area contributed by atoms with Gasteiger partial charge in [-0.15, -0.1) is 0 Å². The SMILES string of the molecule is O=S1(=O)CCN2c3ncccc3N(c3ccc(C(F)(F)F)cc3)CC2C1. The molecule has 0 amide bonds. The minimum Gasteiger partial charge on any atom is -0.348 e. The van der Waals surface area contributed by atoms with Crippen LogP contribution in [0.25, 0.3) is 0 Å². The number of pyridine rings is 1. The van der Waals surface area contributed by atoms with Gasteiger partial charge in [-0.05, 0) is 36.4 Å². The molecule has 5 nitrogen and oxygen atoms in total. The highest BCUT2D eigenvalue weighted by atomic mass is 32.2. The Labute approximate surface area is 149 Å². The van der Waals surface area contributed by atoms with Crippen LogP contribution in [0.5, 0.6) is 0 Å². The minimum atomic E-state index is -4.39. The second-order valence-electron chi connectivity index (χ2n) is 6.46. The molecule has 1 unspecified atom stereocenters. The molecular weight excluding hydrogens is 367 g/mol. The topological polar surface area (TPSA) is 53.5 Å². The van der Waals surface area contributed by atoms with Crippen LogP contribution in [0.3, 0.4) is 0 Å². The van der Waals surface area contributed by atoms with Crippen molar-refractivity contribution in [2.75, 3.05) is 34.4 Å². The normalized spacial score (nSPS) is 21.9. The highest BCUT2D eigenvalue weighted by Crippen LogP contribution is 2.40. The van der Waals surface area contributed by atoms with Crippen LogP contribution in [0.1, 0.15) is 5.56 Å². The summed E-state index contributed by atoms with van der Waals surface area (Å²) in [7, 11) is -3.13. The van der Waals surface area contributed by atoms with Crippen LogP contribution in [0.2, 0.25) is 0 Å². The summed E-state index contributed by atoms with van der Waals surface area (Å²) in [5.74, 6) is 0.762. The quantitative estimate of drug-likeness (QED) is 0.758. The molecule has 2 aliphatic heterocycles. The highest BCUT2D eigenvalue weighted by molar-refractivity contribution is 7.91. The maximum absolute atomic E-state index is 12.8. The van der Waals surface area contributed by atoms with Gasteiger partial charge in [-0.1, -0.05) is 0 Å². The second-order valence-corrected chi connectivity index (χ2v) is 8.69. The van der Waals surface area contributed by atoms with E-state index in [0.29, 0.717) is 24.6 Å². The number of alkyl halides is 3. The molecule has 3 heterocycles. The number of halogens is 3. The van der Waals surface area contributed by atoms with Crippen LogP contribution >= 0.6 is 0 Å². The fourth-order valence-corrected chi connectivity index (χ4v) is 5.03. The molecule has 0 spiro atoms. The molecule has 2 aromatic rings. The average molecular weight is 383 g/mol. The van der Waals surface area contributed by atoms with E-state index in [4.69, 9.17) is 0 Å². The Morgan fingerprint density at radius 1 is 1.12 bits per heavy atom. The summed E-state index contributed by atoms with van der Waals surface area (Å²) in [4.78, 5) is 8.21. The van der Waals surface area contributed by atoms with Crippen molar-refractivity contribution in [1.82, 2.24) is 4.98 Å². The maximum atomic E-state index is 12.8. The number of aromatic nitrogens is 1. The van der Waals surface area contributed by atoms with E-state index in [9.17, 15) is 21.6 Å². The lowest BCUT2D eigenvalue weighted by atomic mass is 10.1. The molecular formula is C17H16F3N3O2S. The van der Waals surface area contributed by atoms with Crippen LogP contribution in [-0.4, -0.2) is 44.0 Å². The first kappa shape index (κ1) is 17.1. The van der Waals surface area contributed by atoms with Gasteiger partial charge in [0.2, 0.25) is 0 Å². The zero-order valence-corrected chi connectivity index (χ0v) is 14.5. The van der Waals surface area contributed by atoms with Gasteiger partial charge < -0.3 is 9.80 Å². The van der Waals surface area contributed by atoms with Gasteiger partial charge in [0.25, 0.3) is 0 Å². The van der Waals surface area contributed by atoms with Gasteiger partial charge >= 0.3 is 6.18 Å². The molecule has 2 aliphatic rings. The molecule has 1 aromatic heterocycles. The van der Waals surface area contributed by atoms with E-state index in [1.807, 2.05) is 15.9 Å². The van der Waals surface area contributed by atoms with Crippen LogP contribution in [0.4, 0.5) is 30.4 Å². The fraction of sp³-hybridized carbons (Fsp3) is 0.353. The molecule has 0 aliphatic carbocycles. The van der Waals surface area contributed by atoms with Gasteiger partial charge in [0, 0.05) is 25.0 Å². The lowest BCUT2D eigenvalue weighted by Crippen LogP contribution is -2.56. The van der Waals surface area contributed by atoms with Crippen molar-refractivity contribution < 1.29 is 21.6 Å². The third kappa shape index (κ3) is 3.00. The van der Waals surface area contributed by atoms with Crippen LogP contribution in [-0.2, 0) is 16.0 Å². The van der Waals surface area contributed by atoms with Gasteiger partial charge in [0.05, 0.1) is 28.8 Å². The minimum absolute atomic E-state index is 0.0140. The predicted molar refractivity (Wildman–Crippen MR) is 92.5 cm³/mol. The van der Waals surface area contributed by atoms with Crippen LogP contribution < -0.4 is 9.80 Å². The predicted octanol–water partition coefficient (Wildman–Crippen LogP) is 2.86. The van der Waals surface area contributed by atoms with Gasteiger partial charge in [-0.3, -0.25) is 0 Å². The Balaban J connectivity index is 1.74. The average Bonchev–Trinajstić information content (AvgIpc) is 2.59. The second kappa shape index (κ2) is 5.87. The molecule has 1 aromatic carbocycles. The molecule has 138 valence electrons. The van der Waals surface area contributed by atoms with Crippen molar-refractivity contribution in [1.29, 1.82) is 0 Å². The summed E-state index contributed by atoms with van der Waals surface area (Å²) in [5, 5.41) is 0. The summed E-state index contributed by atoms with van der Waals surface area (Å²) >= 11 is 0. The molecule has 1 saturated heterocycles. The first-order chi connectivity index (χ1) is 12.2. The summed E-state index contributed by atoms with van der Waals surface area (Å²) in [6.45, 7) is 0.751. The van der Waals surface area contributed by atoms with E-state index in [2.05, 4.69) is 4.98 Å².